The minimum Gasteiger partial charge on any atom is -0.422 e. The number of carbonyl (C=O) groups is 3. The van der Waals surface area contributed by atoms with E-state index in [1.807, 2.05) is 45.0 Å². The van der Waals surface area contributed by atoms with Crippen LogP contribution in [-0.2, 0) is 9.59 Å². The Morgan fingerprint density at radius 1 is 0.912 bits per heavy atom. The highest BCUT2D eigenvalue weighted by Crippen LogP contribution is 2.32. The van der Waals surface area contributed by atoms with Gasteiger partial charge in [0.1, 0.15) is 16.5 Å². The molecule has 0 aromatic heterocycles. The summed E-state index contributed by atoms with van der Waals surface area (Å²) in [6, 6.07) is 17.2. The van der Waals surface area contributed by atoms with E-state index in [0.717, 1.165) is 26.1 Å². The number of nitrogens with one attached hydrogen (secondary N) is 1. The lowest BCUT2D eigenvalue weighted by Gasteiger charge is -2.17. The molecule has 3 aromatic rings. The average molecular weight is 540 g/mol. The quantitative estimate of drug-likeness (QED) is 0.243. The molecule has 1 N–H and O–H groups in total. The SMILES string of the molecule is Cc1ccccc1N1C(=O)C(Cl)=C(Nc2ccc(C(=O)Oc3c(C)cc(Br)cc3C)cc2)C1=O. The minimum atomic E-state index is -0.594. The summed E-state index contributed by atoms with van der Waals surface area (Å²) in [4.78, 5) is 39.3. The maximum atomic E-state index is 13.0. The average Bonchev–Trinajstić information content (AvgIpc) is 3.00. The Morgan fingerprint density at radius 3 is 2.15 bits per heavy atom. The zero-order valence-electron chi connectivity index (χ0n) is 18.6. The molecule has 3 aromatic carbocycles. The summed E-state index contributed by atoms with van der Waals surface area (Å²) in [5.41, 5.74) is 3.73. The van der Waals surface area contributed by atoms with Crippen LogP contribution in [0.3, 0.4) is 0 Å². The lowest BCUT2D eigenvalue weighted by atomic mass is 10.1. The Kier molecular flexibility index (Phi) is 6.59. The van der Waals surface area contributed by atoms with E-state index in [2.05, 4.69) is 21.2 Å². The Hall–Kier alpha value is -3.42. The molecule has 0 aliphatic carbocycles. The number of ether oxygens (including phenoxy) is 1. The number of amides is 2. The van der Waals surface area contributed by atoms with E-state index in [0.29, 0.717) is 22.7 Å². The fraction of sp³-hybridized carbons (Fsp3) is 0.115. The van der Waals surface area contributed by atoms with Crippen LogP contribution in [0.25, 0.3) is 0 Å². The number of imide groups is 1. The molecule has 0 spiro atoms. The third kappa shape index (κ3) is 4.49. The largest absolute Gasteiger partial charge is 0.422 e. The molecule has 1 aliphatic heterocycles. The summed E-state index contributed by atoms with van der Waals surface area (Å²) < 4.78 is 6.51. The number of benzene rings is 3. The summed E-state index contributed by atoms with van der Waals surface area (Å²) in [7, 11) is 0. The number of para-hydroxylation sites is 1. The van der Waals surface area contributed by atoms with Crippen molar-refractivity contribution in [3.8, 4) is 5.75 Å². The van der Waals surface area contributed by atoms with Crippen molar-refractivity contribution in [2.45, 2.75) is 20.8 Å². The zero-order valence-corrected chi connectivity index (χ0v) is 21.0. The Morgan fingerprint density at radius 2 is 1.53 bits per heavy atom. The molecule has 0 saturated heterocycles. The standard InChI is InChI=1S/C26H20BrClN2O4/c1-14-6-4-5-7-20(14)30-24(31)21(28)22(25(30)32)29-19-10-8-17(9-11-19)26(33)34-23-15(2)12-18(27)13-16(23)3/h4-13,29H,1-3H3. The highest BCUT2D eigenvalue weighted by molar-refractivity contribution is 9.10. The van der Waals surface area contributed by atoms with Crippen LogP contribution < -0.4 is 15.0 Å². The lowest BCUT2D eigenvalue weighted by molar-refractivity contribution is -0.120. The zero-order chi connectivity index (χ0) is 24.6. The van der Waals surface area contributed by atoms with Crippen molar-refractivity contribution in [3.05, 3.63) is 98.1 Å². The van der Waals surface area contributed by atoms with Crippen molar-refractivity contribution in [1.82, 2.24) is 0 Å². The Balaban J connectivity index is 1.51. The molecule has 2 amide bonds. The number of hydrogen-bond donors (Lipinski definition) is 1. The molecular formula is C26H20BrClN2O4. The predicted octanol–water partition coefficient (Wildman–Crippen LogP) is 6.03. The van der Waals surface area contributed by atoms with E-state index < -0.39 is 17.8 Å². The highest BCUT2D eigenvalue weighted by atomic mass is 79.9. The predicted molar refractivity (Wildman–Crippen MR) is 135 cm³/mol. The first kappa shape index (κ1) is 23.7. The van der Waals surface area contributed by atoms with E-state index in [9.17, 15) is 14.4 Å². The van der Waals surface area contributed by atoms with Gasteiger partial charge in [-0.2, -0.15) is 0 Å². The molecule has 0 atom stereocenters. The molecule has 0 fully saturated rings. The second-order valence-corrected chi connectivity index (χ2v) is 9.18. The molecule has 0 radical (unpaired) electrons. The van der Waals surface area contributed by atoms with Crippen LogP contribution >= 0.6 is 27.5 Å². The van der Waals surface area contributed by atoms with Gasteiger partial charge in [-0.05, 0) is 79.9 Å². The molecule has 0 bridgehead atoms. The van der Waals surface area contributed by atoms with E-state index in [-0.39, 0.29) is 10.7 Å². The molecule has 34 heavy (non-hydrogen) atoms. The van der Waals surface area contributed by atoms with Crippen molar-refractivity contribution in [2.75, 3.05) is 10.2 Å². The number of esters is 1. The van der Waals surface area contributed by atoms with Gasteiger partial charge < -0.3 is 10.1 Å². The second-order valence-electron chi connectivity index (χ2n) is 7.88. The number of aryl methyl sites for hydroxylation is 3. The van der Waals surface area contributed by atoms with E-state index >= 15 is 0 Å². The van der Waals surface area contributed by atoms with Gasteiger partial charge >= 0.3 is 5.97 Å². The van der Waals surface area contributed by atoms with Gasteiger partial charge in [0.25, 0.3) is 11.8 Å². The topological polar surface area (TPSA) is 75.7 Å². The van der Waals surface area contributed by atoms with Gasteiger partial charge in [0.05, 0.1) is 11.3 Å². The van der Waals surface area contributed by atoms with Crippen LogP contribution in [-0.4, -0.2) is 17.8 Å². The lowest BCUT2D eigenvalue weighted by Crippen LogP contribution is -2.32. The summed E-state index contributed by atoms with van der Waals surface area (Å²) >= 11 is 9.64. The van der Waals surface area contributed by atoms with Gasteiger partial charge in [0.15, 0.2) is 0 Å². The molecule has 4 rings (SSSR count). The molecule has 6 nitrogen and oxygen atoms in total. The van der Waals surface area contributed by atoms with Crippen LogP contribution in [0.4, 0.5) is 11.4 Å². The first-order chi connectivity index (χ1) is 16.2. The molecule has 1 aliphatic rings. The van der Waals surface area contributed by atoms with Gasteiger partial charge in [-0.25, -0.2) is 9.69 Å². The van der Waals surface area contributed by atoms with E-state index in [1.54, 1.807) is 36.4 Å². The number of carbonyl (C=O) groups excluding carboxylic acids is 3. The molecule has 0 saturated carbocycles. The van der Waals surface area contributed by atoms with E-state index in [4.69, 9.17) is 16.3 Å². The monoisotopic (exact) mass is 538 g/mol. The molecule has 1 heterocycles. The van der Waals surface area contributed by atoms with Crippen molar-refractivity contribution in [3.63, 3.8) is 0 Å². The first-order valence-electron chi connectivity index (χ1n) is 10.4. The fourth-order valence-corrected chi connectivity index (χ4v) is 4.59. The Labute approximate surface area is 210 Å². The van der Waals surface area contributed by atoms with Crippen molar-refractivity contribution in [2.24, 2.45) is 0 Å². The second kappa shape index (κ2) is 9.44. The maximum absolute atomic E-state index is 13.0. The van der Waals surface area contributed by atoms with E-state index in [1.165, 1.54) is 0 Å². The van der Waals surface area contributed by atoms with Crippen molar-refractivity contribution in [1.29, 1.82) is 0 Å². The van der Waals surface area contributed by atoms with Crippen LogP contribution in [0.5, 0.6) is 5.75 Å². The van der Waals surface area contributed by atoms with Gasteiger partial charge in [0, 0.05) is 10.2 Å². The third-order valence-electron chi connectivity index (χ3n) is 5.39. The maximum Gasteiger partial charge on any atom is 0.343 e. The van der Waals surface area contributed by atoms with Crippen molar-refractivity contribution < 1.29 is 19.1 Å². The number of anilines is 2. The fourth-order valence-electron chi connectivity index (χ4n) is 3.69. The number of rotatable bonds is 5. The van der Waals surface area contributed by atoms with Gasteiger partial charge in [0.2, 0.25) is 0 Å². The summed E-state index contributed by atoms with van der Waals surface area (Å²) in [5, 5.41) is 2.71. The van der Waals surface area contributed by atoms with Gasteiger partial charge in [-0.15, -0.1) is 0 Å². The van der Waals surface area contributed by atoms with Crippen LogP contribution in [0, 0.1) is 20.8 Å². The summed E-state index contributed by atoms with van der Waals surface area (Å²) in [5.74, 6) is -1.13. The normalized spacial score (nSPS) is 13.5. The third-order valence-corrected chi connectivity index (χ3v) is 6.20. The number of hydrogen-bond acceptors (Lipinski definition) is 5. The van der Waals surface area contributed by atoms with Crippen LogP contribution in [0.15, 0.2) is 75.9 Å². The minimum absolute atomic E-state index is 0.0219. The summed E-state index contributed by atoms with van der Waals surface area (Å²) in [6.45, 7) is 5.54. The smallest absolute Gasteiger partial charge is 0.343 e. The first-order valence-corrected chi connectivity index (χ1v) is 11.5. The summed E-state index contributed by atoms with van der Waals surface area (Å²) in [6.07, 6.45) is 0. The highest BCUT2D eigenvalue weighted by Gasteiger charge is 2.39. The Bertz CT molecular complexity index is 1340. The number of halogens is 2. The van der Waals surface area contributed by atoms with Crippen LogP contribution in [0.1, 0.15) is 27.0 Å². The van der Waals surface area contributed by atoms with Gasteiger partial charge in [-0.3, -0.25) is 9.59 Å². The van der Waals surface area contributed by atoms with Crippen LogP contribution in [0.2, 0.25) is 0 Å². The molecule has 172 valence electrons. The number of nitrogens with zero attached hydrogens (tertiary/aromatic N) is 1. The van der Waals surface area contributed by atoms with Gasteiger partial charge in [-0.1, -0.05) is 45.7 Å². The molecule has 8 heteroatoms. The molecular weight excluding hydrogens is 520 g/mol. The molecule has 0 unspecified atom stereocenters. The van der Waals surface area contributed by atoms with Crippen molar-refractivity contribution >= 4 is 56.7 Å².